The zero-order valence-corrected chi connectivity index (χ0v) is 14.9. The Morgan fingerprint density at radius 3 is 2.20 bits per heavy atom. The summed E-state index contributed by atoms with van der Waals surface area (Å²) in [6.45, 7) is 8.06. The number of aromatic nitrogens is 3. The second kappa shape index (κ2) is 7.25. The van der Waals surface area contributed by atoms with Gasteiger partial charge in [0.25, 0.3) is 0 Å². The van der Waals surface area contributed by atoms with Crippen molar-refractivity contribution in [3.05, 3.63) is 36.2 Å². The van der Waals surface area contributed by atoms with E-state index in [1.165, 1.54) is 19.3 Å². The molecule has 132 valence electrons. The topological polar surface area (TPSA) is 48.4 Å². The van der Waals surface area contributed by atoms with E-state index in [1.807, 2.05) is 18.3 Å². The van der Waals surface area contributed by atoms with E-state index in [1.54, 1.807) is 0 Å². The molecule has 6 nitrogen and oxygen atoms in total. The molecule has 2 aliphatic rings. The zero-order chi connectivity index (χ0) is 17.1. The Labute approximate surface area is 149 Å². The average Bonchev–Trinajstić information content (AvgIpc) is 2.69. The minimum atomic E-state index is 0.876. The molecule has 6 heteroatoms. The number of hydrogen-bond donors (Lipinski definition) is 0. The number of hydrogen-bond acceptors (Lipinski definition) is 6. The Balaban J connectivity index is 1.46. The van der Waals surface area contributed by atoms with E-state index >= 15 is 0 Å². The molecule has 0 spiro atoms. The molecule has 0 atom stereocenters. The average molecular weight is 338 g/mol. The minimum absolute atomic E-state index is 0.876. The van der Waals surface area contributed by atoms with Crippen LogP contribution in [0.4, 0.5) is 17.6 Å². The van der Waals surface area contributed by atoms with Crippen LogP contribution < -0.4 is 14.7 Å². The fourth-order valence-corrected chi connectivity index (χ4v) is 3.64. The van der Waals surface area contributed by atoms with E-state index in [4.69, 9.17) is 9.97 Å². The van der Waals surface area contributed by atoms with Gasteiger partial charge in [-0.05, 0) is 38.3 Å². The summed E-state index contributed by atoms with van der Waals surface area (Å²) >= 11 is 0. The second-order valence-corrected chi connectivity index (χ2v) is 6.88. The molecular weight excluding hydrogens is 312 g/mol. The monoisotopic (exact) mass is 338 g/mol. The summed E-state index contributed by atoms with van der Waals surface area (Å²) in [5.41, 5.74) is 1.05. The van der Waals surface area contributed by atoms with Gasteiger partial charge in [0.1, 0.15) is 11.6 Å². The van der Waals surface area contributed by atoms with Crippen molar-refractivity contribution in [2.45, 2.75) is 26.2 Å². The fraction of sp³-hybridized carbons (Fsp3) is 0.526. The Morgan fingerprint density at radius 1 is 0.760 bits per heavy atom. The number of anilines is 3. The Bertz CT molecular complexity index is 690. The van der Waals surface area contributed by atoms with Gasteiger partial charge in [0.15, 0.2) is 0 Å². The predicted octanol–water partition coefficient (Wildman–Crippen LogP) is 2.50. The van der Waals surface area contributed by atoms with Crippen molar-refractivity contribution in [3.63, 3.8) is 0 Å². The van der Waals surface area contributed by atoms with Gasteiger partial charge < -0.3 is 14.7 Å². The predicted molar refractivity (Wildman–Crippen MR) is 101 cm³/mol. The number of piperazine rings is 1. The van der Waals surface area contributed by atoms with E-state index in [9.17, 15) is 0 Å². The SMILES string of the molecule is Cc1cc(N2CCCCC2)nc(N2CCN(c3ccccn3)CC2)n1. The molecule has 0 N–H and O–H groups in total. The fourth-order valence-electron chi connectivity index (χ4n) is 3.64. The molecule has 0 aromatic carbocycles. The van der Waals surface area contributed by atoms with Gasteiger partial charge in [0.05, 0.1) is 0 Å². The normalized spacial score (nSPS) is 18.5. The molecular formula is C19H26N6. The number of nitrogens with zero attached hydrogens (tertiary/aromatic N) is 6. The van der Waals surface area contributed by atoms with E-state index in [0.29, 0.717) is 0 Å². The summed E-state index contributed by atoms with van der Waals surface area (Å²) in [4.78, 5) is 21.1. The molecule has 25 heavy (non-hydrogen) atoms. The van der Waals surface area contributed by atoms with Crippen LogP contribution in [0.3, 0.4) is 0 Å². The van der Waals surface area contributed by atoms with Crippen LogP contribution in [-0.4, -0.2) is 54.2 Å². The summed E-state index contributed by atoms with van der Waals surface area (Å²) < 4.78 is 0. The summed E-state index contributed by atoms with van der Waals surface area (Å²) in [5, 5.41) is 0. The van der Waals surface area contributed by atoms with Gasteiger partial charge in [-0.25, -0.2) is 9.97 Å². The highest BCUT2D eigenvalue weighted by molar-refractivity contribution is 5.48. The second-order valence-electron chi connectivity index (χ2n) is 6.88. The maximum absolute atomic E-state index is 4.89. The van der Waals surface area contributed by atoms with Crippen molar-refractivity contribution in [2.24, 2.45) is 0 Å². The molecule has 2 aromatic rings. The van der Waals surface area contributed by atoms with Crippen molar-refractivity contribution >= 4 is 17.6 Å². The third-order valence-corrected chi connectivity index (χ3v) is 5.04. The third-order valence-electron chi connectivity index (χ3n) is 5.04. The minimum Gasteiger partial charge on any atom is -0.356 e. The Kier molecular flexibility index (Phi) is 4.68. The van der Waals surface area contributed by atoms with E-state index in [0.717, 1.165) is 62.5 Å². The quantitative estimate of drug-likeness (QED) is 0.857. The lowest BCUT2D eigenvalue weighted by Gasteiger charge is -2.36. The molecule has 0 unspecified atom stereocenters. The molecule has 2 aliphatic heterocycles. The first-order chi connectivity index (χ1) is 12.3. The van der Waals surface area contributed by atoms with Gasteiger partial charge in [-0.1, -0.05) is 6.07 Å². The van der Waals surface area contributed by atoms with Crippen LogP contribution in [0.1, 0.15) is 25.0 Å². The van der Waals surface area contributed by atoms with Crippen LogP contribution in [0.5, 0.6) is 0 Å². The first kappa shape index (κ1) is 16.1. The molecule has 0 saturated carbocycles. The molecule has 0 aliphatic carbocycles. The van der Waals surface area contributed by atoms with E-state index < -0.39 is 0 Å². The van der Waals surface area contributed by atoms with Gasteiger partial charge in [-0.2, -0.15) is 4.98 Å². The summed E-state index contributed by atoms with van der Waals surface area (Å²) in [6, 6.07) is 8.21. The van der Waals surface area contributed by atoms with Gasteiger partial charge in [0.2, 0.25) is 5.95 Å². The smallest absolute Gasteiger partial charge is 0.227 e. The maximum atomic E-state index is 4.89. The van der Waals surface area contributed by atoms with Crippen molar-refractivity contribution < 1.29 is 0 Å². The number of piperidine rings is 1. The number of rotatable bonds is 3. The van der Waals surface area contributed by atoms with Crippen molar-refractivity contribution in [1.82, 2.24) is 15.0 Å². The molecule has 0 amide bonds. The van der Waals surface area contributed by atoms with E-state index in [2.05, 4.69) is 38.7 Å². The van der Waals surface area contributed by atoms with Gasteiger partial charge in [-0.15, -0.1) is 0 Å². The van der Waals surface area contributed by atoms with Crippen LogP contribution in [0.15, 0.2) is 30.5 Å². The van der Waals surface area contributed by atoms with Crippen LogP contribution in [-0.2, 0) is 0 Å². The highest BCUT2D eigenvalue weighted by Gasteiger charge is 2.21. The molecule has 4 rings (SSSR count). The molecule has 2 aromatic heterocycles. The van der Waals surface area contributed by atoms with Crippen molar-refractivity contribution in [2.75, 3.05) is 54.0 Å². The van der Waals surface area contributed by atoms with Crippen LogP contribution >= 0.6 is 0 Å². The molecule has 0 bridgehead atoms. The molecule has 2 fully saturated rings. The molecule has 4 heterocycles. The first-order valence-electron chi connectivity index (χ1n) is 9.31. The number of pyridine rings is 1. The highest BCUT2D eigenvalue weighted by atomic mass is 15.3. The van der Waals surface area contributed by atoms with Gasteiger partial charge >= 0.3 is 0 Å². The van der Waals surface area contributed by atoms with Crippen molar-refractivity contribution in [3.8, 4) is 0 Å². The van der Waals surface area contributed by atoms with Crippen LogP contribution in [0, 0.1) is 6.92 Å². The van der Waals surface area contributed by atoms with Crippen LogP contribution in [0.25, 0.3) is 0 Å². The number of aryl methyl sites for hydroxylation is 1. The van der Waals surface area contributed by atoms with Gasteiger partial charge in [-0.3, -0.25) is 0 Å². The maximum Gasteiger partial charge on any atom is 0.227 e. The van der Waals surface area contributed by atoms with Crippen LogP contribution in [0.2, 0.25) is 0 Å². The Morgan fingerprint density at radius 2 is 1.48 bits per heavy atom. The molecule has 0 radical (unpaired) electrons. The molecule has 2 saturated heterocycles. The lowest BCUT2D eigenvalue weighted by atomic mass is 10.1. The summed E-state index contributed by atoms with van der Waals surface area (Å²) in [5.74, 6) is 3.02. The van der Waals surface area contributed by atoms with E-state index in [-0.39, 0.29) is 0 Å². The largest absolute Gasteiger partial charge is 0.356 e. The first-order valence-corrected chi connectivity index (χ1v) is 9.31. The lowest BCUT2D eigenvalue weighted by molar-refractivity contribution is 0.571. The highest BCUT2D eigenvalue weighted by Crippen LogP contribution is 2.22. The van der Waals surface area contributed by atoms with Gasteiger partial charge in [0, 0.05) is 57.2 Å². The summed E-state index contributed by atoms with van der Waals surface area (Å²) in [6.07, 6.45) is 5.72. The third kappa shape index (κ3) is 3.67. The Hall–Kier alpha value is -2.37. The standard InChI is InChI=1S/C19H26N6/c1-16-15-18(23-9-5-2-6-10-23)22-19(21-16)25-13-11-24(12-14-25)17-7-3-4-8-20-17/h3-4,7-8,15H,2,5-6,9-14H2,1H3. The summed E-state index contributed by atoms with van der Waals surface area (Å²) in [7, 11) is 0. The van der Waals surface area contributed by atoms with Crippen molar-refractivity contribution in [1.29, 1.82) is 0 Å². The lowest BCUT2D eigenvalue weighted by Crippen LogP contribution is -2.47. The zero-order valence-electron chi connectivity index (χ0n) is 14.9.